The molecule has 0 spiro atoms. The third-order valence-electron chi connectivity index (χ3n) is 13.5. The third kappa shape index (κ3) is 62.0. The van der Waals surface area contributed by atoms with E-state index < -0.39 is 25.9 Å². The predicted octanol–water partition coefficient (Wildman–Crippen LogP) is 20.8. The second kappa shape index (κ2) is 60.7. The van der Waals surface area contributed by atoms with Gasteiger partial charge in [0.2, 0.25) is 5.91 Å². The number of rotatable bonds is 57. The Labute approximate surface area is 510 Å². The van der Waals surface area contributed by atoms with Gasteiger partial charge in [-0.3, -0.25) is 18.6 Å². The fourth-order valence-electron chi connectivity index (χ4n) is 8.50. The van der Waals surface area contributed by atoms with E-state index >= 15 is 0 Å². The van der Waals surface area contributed by atoms with E-state index in [0.29, 0.717) is 23.9 Å². The van der Waals surface area contributed by atoms with Gasteiger partial charge in [0.1, 0.15) is 19.3 Å². The van der Waals surface area contributed by atoms with E-state index in [-0.39, 0.29) is 25.5 Å². The molecule has 0 fully saturated rings. The molecule has 83 heavy (non-hydrogen) atoms. The SMILES string of the molecule is CC/C=C\C/C=C\C/C=C\C/C=C\C/C=C\C/C=C\CCCCCCCCCCC(=O)NC(COP(=O)(O)OCC[N+](C)(C)C)C(/C=C\CCCCCCCCCCC)OC(=O)CC/C=C\C/C=C\C/C=C\C/C=C\C/C=C\C/C=C\CC. The smallest absolute Gasteiger partial charge is 0.456 e. The van der Waals surface area contributed by atoms with Crippen molar-refractivity contribution in [3.05, 3.63) is 158 Å². The van der Waals surface area contributed by atoms with Gasteiger partial charge in [-0.1, -0.05) is 263 Å². The van der Waals surface area contributed by atoms with Crippen molar-refractivity contribution in [1.82, 2.24) is 5.32 Å². The zero-order valence-corrected chi connectivity index (χ0v) is 54.5. The summed E-state index contributed by atoms with van der Waals surface area (Å²) in [6.07, 6.45) is 89.8. The second-order valence-corrected chi connectivity index (χ2v) is 24.0. The average molecular weight is 1170 g/mol. The first-order valence-electron chi connectivity index (χ1n) is 32.8. The van der Waals surface area contributed by atoms with Crippen LogP contribution in [0.25, 0.3) is 0 Å². The highest BCUT2D eigenvalue weighted by Gasteiger charge is 2.30. The molecule has 0 rings (SSSR count). The summed E-state index contributed by atoms with van der Waals surface area (Å²) in [5.74, 6) is -0.625. The molecule has 9 nitrogen and oxygen atoms in total. The van der Waals surface area contributed by atoms with Gasteiger partial charge in [-0.25, -0.2) is 4.57 Å². The molecule has 0 aromatic rings. The van der Waals surface area contributed by atoms with Gasteiger partial charge in [0.05, 0.1) is 33.8 Å². The number of hydrogen-bond acceptors (Lipinski definition) is 6. The molecule has 0 bridgehead atoms. The number of esters is 1. The highest BCUT2D eigenvalue weighted by molar-refractivity contribution is 7.47. The van der Waals surface area contributed by atoms with Crippen LogP contribution < -0.4 is 5.32 Å². The molecular weight excluding hydrogens is 1050 g/mol. The number of carbonyl (C=O) groups is 2. The van der Waals surface area contributed by atoms with Gasteiger partial charge in [0.15, 0.2) is 0 Å². The number of likely N-dealkylation sites (N-methyl/N-ethyl adjacent to an activating group) is 1. The monoisotopic (exact) mass is 1170 g/mol. The number of ether oxygens (including phenoxy) is 1. The molecule has 0 heterocycles. The molecule has 470 valence electrons. The van der Waals surface area contributed by atoms with Crippen molar-refractivity contribution in [3.63, 3.8) is 0 Å². The first kappa shape index (κ1) is 78.6. The van der Waals surface area contributed by atoms with Crippen molar-refractivity contribution in [2.45, 2.75) is 251 Å². The Morgan fingerprint density at radius 2 is 0.783 bits per heavy atom. The normalized spacial score (nSPS) is 14.6. The topological polar surface area (TPSA) is 111 Å². The number of phosphoric acid groups is 1. The largest absolute Gasteiger partial charge is 0.472 e. The number of carbonyl (C=O) groups excluding carboxylic acids is 2. The van der Waals surface area contributed by atoms with Crippen molar-refractivity contribution >= 4 is 19.7 Å². The minimum atomic E-state index is -4.48. The van der Waals surface area contributed by atoms with Crippen molar-refractivity contribution in [2.24, 2.45) is 0 Å². The molecule has 1 amide bonds. The van der Waals surface area contributed by atoms with Crippen molar-refractivity contribution in [1.29, 1.82) is 0 Å². The number of amides is 1. The average Bonchev–Trinajstić information content (AvgIpc) is 3.51. The van der Waals surface area contributed by atoms with Gasteiger partial charge in [0.25, 0.3) is 0 Å². The maximum atomic E-state index is 13.6. The third-order valence-corrected chi connectivity index (χ3v) is 14.5. The summed E-state index contributed by atoms with van der Waals surface area (Å²) in [5.41, 5.74) is 0. The van der Waals surface area contributed by atoms with Crippen molar-refractivity contribution in [3.8, 4) is 0 Å². The van der Waals surface area contributed by atoms with Gasteiger partial charge in [-0.2, -0.15) is 0 Å². The number of hydrogen-bond donors (Lipinski definition) is 2. The molecule has 3 atom stereocenters. The summed E-state index contributed by atoms with van der Waals surface area (Å²) in [5, 5.41) is 3.03. The van der Waals surface area contributed by atoms with Crippen LogP contribution in [0.1, 0.15) is 239 Å². The van der Waals surface area contributed by atoms with Crippen LogP contribution in [-0.4, -0.2) is 74.3 Å². The molecule has 10 heteroatoms. The minimum absolute atomic E-state index is 0.0181. The number of nitrogens with zero attached hydrogens (tertiary/aromatic N) is 1. The summed E-state index contributed by atoms with van der Waals surface area (Å²) in [6.45, 7) is 6.70. The van der Waals surface area contributed by atoms with Crippen molar-refractivity contribution < 1.29 is 37.3 Å². The summed E-state index contributed by atoms with van der Waals surface area (Å²) in [7, 11) is 1.43. The maximum absolute atomic E-state index is 13.6. The standard InChI is InChI=1S/C73H121N2O7P/c1-7-10-13-16-19-22-25-27-29-31-33-34-35-36-37-38-39-40-42-43-45-47-50-53-56-59-62-65-72(76)74-70(69-81-83(78,79)80-68-67-75(4,5)6)71(64-61-58-55-52-49-24-21-18-15-12-9-3)82-73(77)66-63-60-57-54-51-48-46-44-41-32-30-28-26-23-20-17-14-11-8-2/h10-11,13-14,19-20,22-23,27-30,33-34,36-37,39-41,44,48,51,57,60-61,64,70-71H,7-9,12,15-18,21,24-26,31-32,35,38,42-43,45-47,49-50,52-56,58-59,62-63,65-69H2,1-6H3,(H-,74,76,78,79)/p+1/b13-10-,14-11-,22-19-,23-20-,29-27-,30-28-,34-33-,37-36-,40-39-,44-41-,51-48-,60-57-,64-61-. The Morgan fingerprint density at radius 3 is 1.18 bits per heavy atom. The number of unbranched alkanes of at least 4 members (excludes halogenated alkanes) is 17. The molecular formula is C73H122N2O7P+. The lowest BCUT2D eigenvalue weighted by molar-refractivity contribution is -0.870. The van der Waals surface area contributed by atoms with Crippen LogP contribution in [0.3, 0.4) is 0 Å². The number of quaternary nitrogens is 1. The van der Waals surface area contributed by atoms with Crippen LogP contribution in [0.2, 0.25) is 0 Å². The van der Waals surface area contributed by atoms with E-state index in [4.69, 9.17) is 13.8 Å². The lowest BCUT2D eigenvalue weighted by Crippen LogP contribution is -2.47. The van der Waals surface area contributed by atoms with Crippen LogP contribution in [-0.2, 0) is 27.9 Å². The van der Waals surface area contributed by atoms with Gasteiger partial charge >= 0.3 is 13.8 Å². The molecule has 2 N–H and O–H groups in total. The summed E-state index contributed by atoms with van der Waals surface area (Å²) in [6, 6.07) is -0.896. The van der Waals surface area contributed by atoms with E-state index in [0.717, 1.165) is 128 Å². The summed E-state index contributed by atoms with van der Waals surface area (Å²) in [4.78, 5) is 37.7. The Kier molecular flexibility index (Phi) is 57.5. The van der Waals surface area contributed by atoms with Crippen LogP contribution in [0.5, 0.6) is 0 Å². The molecule has 0 aliphatic carbocycles. The lowest BCUT2D eigenvalue weighted by Gasteiger charge is -2.27. The summed E-state index contributed by atoms with van der Waals surface area (Å²) >= 11 is 0. The molecule has 3 unspecified atom stereocenters. The molecule has 0 saturated carbocycles. The van der Waals surface area contributed by atoms with E-state index in [1.54, 1.807) is 0 Å². The fraction of sp³-hybridized carbons (Fsp3) is 0.616. The lowest BCUT2D eigenvalue weighted by atomic mass is 10.1. The fourth-order valence-corrected chi connectivity index (χ4v) is 9.23. The number of allylic oxidation sites excluding steroid dienone is 25. The molecule has 0 saturated heterocycles. The van der Waals surface area contributed by atoms with Crippen LogP contribution >= 0.6 is 7.82 Å². The van der Waals surface area contributed by atoms with E-state index in [1.165, 1.54) is 70.6 Å². The van der Waals surface area contributed by atoms with E-state index in [9.17, 15) is 19.0 Å². The van der Waals surface area contributed by atoms with E-state index in [2.05, 4.69) is 166 Å². The van der Waals surface area contributed by atoms with Crippen LogP contribution in [0, 0.1) is 0 Å². The van der Waals surface area contributed by atoms with Crippen LogP contribution in [0.4, 0.5) is 0 Å². The highest BCUT2D eigenvalue weighted by Crippen LogP contribution is 2.43. The number of phosphoric ester groups is 1. The summed E-state index contributed by atoms with van der Waals surface area (Å²) < 4.78 is 30.6. The zero-order chi connectivity index (χ0) is 60.7. The minimum Gasteiger partial charge on any atom is -0.456 e. The first-order chi connectivity index (χ1) is 40.4. The Balaban J connectivity index is 5.23. The molecule has 0 radical (unpaired) electrons. The van der Waals surface area contributed by atoms with Gasteiger partial charge in [-0.15, -0.1) is 0 Å². The maximum Gasteiger partial charge on any atom is 0.472 e. The Hall–Kier alpha value is -4.37. The van der Waals surface area contributed by atoms with E-state index in [1.807, 2.05) is 39.4 Å². The Bertz CT molecular complexity index is 1980. The molecule has 0 aromatic carbocycles. The van der Waals surface area contributed by atoms with Gasteiger partial charge in [-0.05, 0) is 122 Å². The van der Waals surface area contributed by atoms with Gasteiger partial charge in [0, 0.05) is 12.8 Å². The predicted molar refractivity (Wildman–Crippen MR) is 359 cm³/mol. The highest BCUT2D eigenvalue weighted by atomic mass is 31.2. The van der Waals surface area contributed by atoms with Crippen molar-refractivity contribution in [2.75, 3.05) is 40.9 Å². The molecule has 0 aromatic heterocycles. The quantitative estimate of drug-likeness (QED) is 0.0205. The number of nitrogens with one attached hydrogen (secondary N) is 1. The zero-order valence-electron chi connectivity index (χ0n) is 53.6. The van der Waals surface area contributed by atoms with Crippen LogP contribution in [0.15, 0.2) is 158 Å². The van der Waals surface area contributed by atoms with Gasteiger partial charge < -0.3 is 19.4 Å². The Morgan fingerprint density at radius 1 is 0.434 bits per heavy atom. The molecule has 0 aliphatic rings. The molecule has 0 aliphatic heterocycles. The second-order valence-electron chi connectivity index (χ2n) is 22.5. The first-order valence-corrected chi connectivity index (χ1v) is 34.3.